The summed E-state index contributed by atoms with van der Waals surface area (Å²) in [7, 11) is 1.99. The van der Waals surface area contributed by atoms with Gasteiger partial charge in [-0.15, -0.1) is 0 Å². The fourth-order valence-corrected chi connectivity index (χ4v) is 4.22. The van der Waals surface area contributed by atoms with Crippen molar-refractivity contribution in [1.82, 2.24) is 10.2 Å². The highest BCUT2D eigenvalue weighted by molar-refractivity contribution is 9.10. The minimum Gasteiger partial charge on any atom is -0.369 e. The highest BCUT2D eigenvalue weighted by atomic mass is 79.9. The molecule has 2 saturated heterocycles. The van der Waals surface area contributed by atoms with E-state index in [-0.39, 0.29) is 0 Å². The van der Waals surface area contributed by atoms with Gasteiger partial charge in [0, 0.05) is 36.7 Å². The molecule has 0 spiro atoms. The molecule has 2 heterocycles. The highest BCUT2D eigenvalue weighted by Gasteiger charge is 2.29. The van der Waals surface area contributed by atoms with Crippen molar-refractivity contribution >= 4 is 21.6 Å². The molecular weight excluding hydrogens is 314 g/mol. The van der Waals surface area contributed by atoms with Crippen LogP contribution in [0, 0.1) is 0 Å². The van der Waals surface area contributed by atoms with Gasteiger partial charge in [-0.25, -0.2) is 0 Å². The molecule has 1 aromatic carbocycles. The number of hydrogen-bond donors (Lipinski definition) is 1. The van der Waals surface area contributed by atoms with E-state index < -0.39 is 0 Å². The molecule has 4 heteroatoms. The molecule has 0 saturated carbocycles. The minimum atomic E-state index is 0.765. The van der Waals surface area contributed by atoms with Crippen molar-refractivity contribution < 1.29 is 0 Å². The van der Waals surface area contributed by atoms with Gasteiger partial charge < -0.3 is 10.2 Å². The number of nitrogens with zero attached hydrogens (tertiary/aromatic N) is 2. The van der Waals surface area contributed by atoms with Crippen LogP contribution in [0.4, 0.5) is 5.69 Å². The summed E-state index contributed by atoms with van der Waals surface area (Å²) in [6, 6.07) is 7.54. The zero-order valence-electron chi connectivity index (χ0n) is 12.2. The largest absolute Gasteiger partial charge is 0.369 e. The monoisotopic (exact) mass is 337 g/mol. The first-order chi connectivity index (χ1) is 9.78. The number of anilines is 1. The normalized spacial score (nSPS) is 23.7. The van der Waals surface area contributed by atoms with Crippen LogP contribution in [-0.2, 0) is 6.54 Å². The number of benzene rings is 1. The number of hydrogen-bond acceptors (Lipinski definition) is 3. The molecule has 3 nitrogen and oxygen atoms in total. The number of rotatable bonds is 3. The summed E-state index contributed by atoms with van der Waals surface area (Å²) < 4.78 is 1.23. The molecule has 1 N–H and O–H groups in total. The Balaban J connectivity index is 1.77. The molecule has 0 aliphatic carbocycles. The highest BCUT2D eigenvalue weighted by Crippen LogP contribution is 2.31. The second-order valence-electron chi connectivity index (χ2n) is 5.95. The Morgan fingerprint density at radius 1 is 1.25 bits per heavy atom. The molecular formula is C16H24BrN3. The summed E-state index contributed by atoms with van der Waals surface area (Å²) in [5, 5.41) is 3.21. The van der Waals surface area contributed by atoms with E-state index >= 15 is 0 Å². The van der Waals surface area contributed by atoms with Crippen molar-refractivity contribution in [1.29, 1.82) is 0 Å². The summed E-state index contributed by atoms with van der Waals surface area (Å²) >= 11 is 3.77. The van der Waals surface area contributed by atoms with Gasteiger partial charge in [-0.3, -0.25) is 4.90 Å². The molecule has 0 amide bonds. The third kappa shape index (κ3) is 3.02. The van der Waals surface area contributed by atoms with Gasteiger partial charge in [0.2, 0.25) is 0 Å². The van der Waals surface area contributed by atoms with Crippen LogP contribution in [0.25, 0.3) is 0 Å². The summed E-state index contributed by atoms with van der Waals surface area (Å²) in [5.74, 6) is 0. The first kappa shape index (κ1) is 14.4. The molecule has 1 unspecified atom stereocenters. The molecule has 0 aromatic heterocycles. The smallest absolute Gasteiger partial charge is 0.0511 e. The van der Waals surface area contributed by atoms with Crippen LogP contribution in [0.5, 0.6) is 0 Å². The Bertz CT molecular complexity index is 463. The molecule has 110 valence electrons. The summed E-state index contributed by atoms with van der Waals surface area (Å²) in [5.41, 5.74) is 2.69. The fraction of sp³-hybridized carbons (Fsp3) is 0.625. The van der Waals surface area contributed by atoms with Gasteiger partial charge in [0.25, 0.3) is 0 Å². The summed E-state index contributed by atoms with van der Waals surface area (Å²) in [6.45, 7) is 5.87. The van der Waals surface area contributed by atoms with Crippen molar-refractivity contribution in [2.24, 2.45) is 0 Å². The average molecular weight is 338 g/mol. The van der Waals surface area contributed by atoms with E-state index in [0.717, 1.165) is 12.6 Å². The lowest BCUT2D eigenvalue weighted by atomic mass is 10.1. The maximum Gasteiger partial charge on any atom is 0.0511 e. The second kappa shape index (κ2) is 6.46. The Morgan fingerprint density at radius 2 is 2.10 bits per heavy atom. The fourth-order valence-electron chi connectivity index (χ4n) is 3.55. The van der Waals surface area contributed by atoms with Gasteiger partial charge in [0.15, 0.2) is 0 Å². The molecule has 2 aliphatic rings. The lowest BCUT2D eigenvalue weighted by molar-refractivity contribution is 0.273. The molecule has 1 atom stereocenters. The zero-order chi connectivity index (χ0) is 13.9. The van der Waals surface area contributed by atoms with Crippen molar-refractivity contribution in [3.8, 4) is 0 Å². The third-order valence-electron chi connectivity index (χ3n) is 4.54. The van der Waals surface area contributed by atoms with E-state index in [9.17, 15) is 0 Å². The van der Waals surface area contributed by atoms with E-state index in [1.54, 1.807) is 0 Å². The third-order valence-corrected chi connectivity index (χ3v) is 5.17. The predicted molar refractivity (Wildman–Crippen MR) is 88.3 cm³/mol. The van der Waals surface area contributed by atoms with Crippen LogP contribution >= 0.6 is 15.9 Å². The Labute approximate surface area is 130 Å². The van der Waals surface area contributed by atoms with E-state index in [4.69, 9.17) is 0 Å². The van der Waals surface area contributed by atoms with Crippen molar-refractivity contribution in [2.75, 3.05) is 38.1 Å². The van der Waals surface area contributed by atoms with Gasteiger partial charge in [-0.1, -0.05) is 6.07 Å². The SMILES string of the molecule is CNCc1ccc(N2CCCN3CCCC3C2)c(Br)c1. The first-order valence-electron chi connectivity index (χ1n) is 7.70. The lowest BCUT2D eigenvalue weighted by Crippen LogP contribution is -2.36. The lowest BCUT2D eigenvalue weighted by Gasteiger charge is -2.28. The van der Waals surface area contributed by atoms with Crippen LogP contribution in [0.2, 0.25) is 0 Å². The second-order valence-corrected chi connectivity index (χ2v) is 6.80. The van der Waals surface area contributed by atoms with Gasteiger partial charge in [0.1, 0.15) is 0 Å². The van der Waals surface area contributed by atoms with Gasteiger partial charge in [0.05, 0.1) is 5.69 Å². The van der Waals surface area contributed by atoms with Gasteiger partial charge in [-0.2, -0.15) is 0 Å². The topological polar surface area (TPSA) is 18.5 Å². The number of halogens is 1. The van der Waals surface area contributed by atoms with E-state index in [0.29, 0.717) is 0 Å². The minimum absolute atomic E-state index is 0.765. The zero-order valence-corrected chi connectivity index (χ0v) is 13.8. The maximum atomic E-state index is 3.77. The standard InChI is InChI=1S/C16H24BrN3/c1-18-11-13-5-6-16(15(17)10-13)20-9-3-8-19-7-2-4-14(19)12-20/h5-6,10,14,18H,2-4,7-9,11-12H2,1H3. The van der Waals surface area contributed by atoms with Crippen LogP contribution in [0.1, 0.15) is 24.8 Å². The Morgan fingerprint density at radius 3 is 2.90 bits per heavy atom. The van der Waals surface area contributed by atoms with Crippen molar-refractivity contribution in [2.45, 2.75) is 31.8 Å². The van der Waals surface area contributed by atoms with Gasteiger partial charge >= 0.3 is 0 Å². The van der Waals surface area contributed by atoms with Crippen molar-refractivity contribution in [3.05, 3.63) is 28.2 Å². The molecule has 2 aliphatic heterocycles. The van der Waals surface area contributed by atoms with Gasteiger partial charge in [-0.05, 0) is 66.5 Å². The molecule has 0 bridgehead atoms. The van der Waals surface area contributed by atoms with Crippen molar-refractivity contribution in [3.63, 3.8) is 0 Å². The average Bonchev–Trinajstić information content (AvgIpc) is 2.77. The van der Waals surface area contributed by atoms with Crippen LogP contribution in [0.3, 0.4) is 0 Å². The maximum absolute atomic E-state index is 3.77. The van der Waals surface area contributed by atoms with Crippen LogP contribution < -0.4 is 10.2 Å². The molecule has 0 radical (unpaired) electrons. The Hall–Kier alpha value is -0.580. The first-order valence-corrected chi connectivity index (χ1v) is 8.49. The summed E-state index contributed by atoms with van der Waals surface area (Å²) in [4.78, 5) is 5.26. The number of nitrogens with one attached hydrogen (secondary N) is 1. The summed E-state index contributed by atoms with van der Waals surface area (Å²) in [6.07, 6.45) is 4.02. The van der Waals surface area contributed by atoms with Crippen LogP contribution in [0.15, 0.2) is 22.7 Å². The Kier molecular flexibility index (Phi) is 4.64. The van der Waals surface area contributed by atoms with E-state index in [2.05, 4.69) is 49.2 Å². The van der Waals surface area contributed by atoms with E-state index in [1.165, 1.54) is 61.2 Å². The molecule has 20 heavy (non-hydrogen) atoms. The predicted octanol–water partition coefficient (Wildman–Crippen LogP) is 2.84. The molecule has 3 rings (SSSR count). The van der Waals surface area contributed by atoms with Crippen LogP contribution in [-0.4, -0.2) is 44.2 Å². The number of fused-ring (bicyclic) bond motifs is 1. The quantitative estimate of drug-likeness (QED) is 0.914. The molecule has 2 fully saturated rings. The van der Waals surface area contributed by atoms with E-state index in [1.807, 2.05) is 7.05 Å². The molecule has 1 aromatic rings.